The van der Waals surface area contributed by atoms with Gasteiger partial charge in [0.25, 0.3) is 0 Å². The number of carbonyl (C=O) groups excluding carboxylic acids is 1. The largest absolute Gasteiger partial charge is 0.493 e. The lowest BCUT2D eigenvalue weighted by molar-refractivity contribution is -0.143. The molecule has 1 rings (SSSR count). The molecule has 0 aliphatic carbocycles. The van der Waals surface area contributed by atoms with Crippen molar-refractivity contribution in [2.24, 2.45) is 0 Å². The van der Waals surface area contributed by atoms with Crippen molar-refractivity contribution in [3.63, 3.8) is 0 Å². The summed E-state index contributed by atoms with van der Waals surface area (Å²) in [5.74, 6) is 1.07. The normalized spacial score (nSPS) is 9.82. The predicted octanol–water partition coefficient (Wildman–Crippen LogP) is 2.34. The highest BCUT2D eigenvalue weighted by molar-refractivity contribution is 5.69. The van der Waals surface area contributed by atoms with Gasteiger partial charge >= 0.3 is 5.97 Å². The second kappa shape index (κ2) is 6.78. The van der Waals surface area contributed by atoms with Gasteiger partial charge in [-0.25, -0.2) is 0 Å². The number of carbonyl (C=O) groups is 1. The molecule has 4 nitrogen and oxygen atoms in total. The van der Waals surface area contributed by atoms with Crippen LogP contribution in [0.5, 0.6) is 11.5 Å². The quantitative estimate of drug-likeness (QED) is 0.713. The fourth-order valence-electron chi connectivity index (χ4n) is 1.37. The molecule has 1 aromatic carbocycles. The highest BCUT2D eigenvalue weighted by Crippen LogP contribution is 2.27. The smallest absolute Gasteiger partial charge is 0.309 e. The molecule has 17 heavy (non-hydrogen) atoms. The van der Waals surface area contributed by atoms with Crippen molar-refractivity contribution in [2.75, 3.05) is 20.3 Å². The average molecular weight is 238 g/mol. The van der Waals surface area contributed by atoms with Crippen LogP contribution in [-0.4, -0.2) is 26.3 Å². The number of esters is 1. The summed E-state index contributed by atoms with van der Waals surface area (Å²) in [4.78, 5) is 11.1. The van der Waals surface area contributed by atoms with Crippen molar-refractivity contribution in [3.8, 4) is 11.5 Å². The monoisotopic (exact) mass is 238 g/mol. The highest BCUT2D eigenvalue weighted by Gasteiger charge is 2.06. The number of ether oxygens (including phenoxy) is 3. The van der Waals surface area contributed by atoms with Gasteiger partial charge in [-0.3, -0.25) is 4.79 Å². The predicted molar refractivity (Wildman–Crippen MR) is 64.5 cm³/mol. The summed E-state index contributed by atoms with van der Waals surface area (Å²) >= 11 is 0. The molecule has 1 aromatic rings. The van der Waals surface area contributed by atoms with E-state index >= 15 is 0 Å². The van der Waals surface area contributed by atoms with E-state index in [2.05, 4.69) is 0 Å². The zero-order chi connectivity index (χ0) is 12.7. The Morgan fingerprint density at radius 3 is 2.71 bits per heavy atom. The third kappa shape index (κ3) is 4.34. The first kappa shape index (κ1) is 13.4. The molecule has 4 heteroatoms. The molecule has 0 aromatic heterocycles. The van der Waals surface area contributed by atoms with E-state index in [0.717, 1.165) is 5.56 Å². The van der Waals surface area contributed by atoms with E-state index in [1.807, 2.05) is 25.1 Å². The van der Waals surface area contributed by atoms with Gasteiger partial charge in [0.1, 0.15) is 0 Å². The second-order valence-corrected chi connectivity index (χ2v) is 3.56. The van der Waals surface area contributed by atoms with Gasteiger partial charge in [-0.05, 0) is 31.5 Å². The van der Waals surface area contributed by atoms with Gasteiger partial charge < -0.3 is 14.2 Å². The minimum atomic E-state index is -0.251. The van der Waals surface area contributed by atoms with Gasteiger partial charge in [0.2, 0.25) is 0 Å². The van der Waals surface area contributed by atoms with Crippen molar-refractivity contribution in [3.05, 3.63) is 23.8 Å². The molecule has 0 heterocycles. The maximum absolute atomic E-state index is 11.1. The lowest BCUT2D eigenvalue weighted by Gasteiger charge is -2.10. The van der Waals surface area contributed by atoms with Crippen LogP contribution in [0.25, 0.3) is 0 Å². The molecule has 0 aliphatic rings. The minimum absolute atomic E-state index is 0.241. The molecule has 0 fully saturated rings. The van der Waals surface area contributed by atoms with Crippen LogP contribution in [0.15, 0.2) is 18.2 Å². The first-order valence-electron chi connectivity index (χ1n) is 5.60. The van der Waals surface area contributed by atoms with Crippen LogP contribution < -0.4 is 9.47 Å². The molecular formula is C13H18O4. The number of benzene rings is 1. The molecule has 0 saturated heterocycles. The van der Waals surface area contributed by atoms with E-state index in [4.69, 9.17) is 14.2 Å². The van der Waals surface area contributed by atoms with Crippen molar-refractivity contribution in [1.82, 2.24) is 0 Å². The number of rotatable bonds is 6. The Labute approximate surface area is 101 Å². The maximum Gasteiger partial charge on any atom is 0.309 e. The van der Waals surface area contributed by atoms with Crippen molar-refractivity contribution >= 4 is 5.97 Å². The fourth-order valence-corrected chi connectivity index (χ4v) is 1.37. The summed E-state index contributed by atoms with van der Waals surface area (Å²) in [6.07, 6.45) is 0.241. The third-order valence-electron chi connectivity index (χ3n) is 2.19. The molecular weight excluding hydrogens is 220 g/mol. The van der Waals surface area contributed by atoms with Crippen LogP contribution >= 0.6 is 0 Å². The number of hydrogen-bond acceptors (Lipinski definition) is 4. The van der Waals surface area contributed by atoms with E-state index in [0.29, 0.717) is 24.7 Å². The fraction of sp³-hybridized carbons (Fsp3) is 0.462. The van der Waals surface area contributed by atoms with Crippen molar-refractivity contribution in [2.45, 2.75) is 20.3 Å². The maximum atomic E-state index is 11.1. The SMILES string of the molecule is CCOC(=O)CCOc1cc(C)ccc1OC. The Hall–Kier alpha value is -1.71. The van der Waals surface area contributed by atoms with Crippen LogP contribution in [0.1, 0.15) is 18.9 Å². The Bertz CT molecular complexity index is 374. The summed E-state index contributed by atoms with van der Waals surface area (Å²) in [6.45, 7) is 4.44. The third-order valence-corrected chi connectivity index (χ3v) is 2.19. The van der Waals surface area contributed by atoms with Crippen LogP contribution in [0, 0.1) is 6.92 Å². The Morgan fingerprint density at radius 2 is 2.06 bits per heavy atom. The molecule has 94 valence electrons. The van der Waals surface area contributed by atoms with Crippen LogP contribution in [0.3, 0.4) is 0 Å². The molecule has 0 radical (unpaired) electrons. The molecule has 0 bridgehead atoms. The Morgan fingerprint density at radius 1 is 1.29 bits per heavy atom. The number of methoxy groups -OCH3 is 1. The minimum Gasteiger partial charge on any atom is -0.493 e. The summed E-state index contributed by atoms with van der Waals surface area (Å²) in [6, 6.07) is 5.66. The molecule has 0 amide bonds. The zero-order valence-electron chi connectivity index (χ0n) is 10.5. The first-order valence-corrected chi connectivity index (χ1v) is 5.60. The van der Waals surface area contributed by atoms with Gasteiger partial charge in [-0.15, -0.1) is 0 Å². The lowest BCUT2D eigenvalue weighted by atomic mass is 10.2. The van der Waals surface area contributed by atoms with Crippen molar-refractivity contribution in [1.29, 1.82) is 0 Å². The van der Waals surface area contributed by atoms with Gasteiger partial charge in [0.05, 0.1) is 26.7 Å². The van der Waals surface area contributed by atoms with E-state index in [1.54, 1.807) is 14.0 Å². The van der Waals surface area contributed by atoms with E-state index < -0.39 is 0 Å². The lowest BCUT2D eigenvalue weighted by Crippen LogP contribution is -2.10. The average Bonchev–Trinajstić information content (AvgIpc) is 2.30. The Balaban J connectivity index is 2.50. The van der Waals surface area contributed by atoms with Gasteiger partial charge in [0, 0.05) is 0 Å². The molecule has 0 aliphatic heterocycles. The van der Waals surface area contributed by atoms with E-state index in [1.165, 1.54) is 0 Å². The first-order chi connectivity index (χ1) is 8.17. The number of hydrogen-bond donors (Lipinski definition) is 0. The van der Waals surface area contributed by atoms with Crippen molar-refractivity contribution < 1.29 is 19.0 Å². The van der Waals surface area contributed by atoms with Gasteiger partial charge in [-0.2, -0.15) is 0 Å². The van der Waals surface area contributed by atoms with Crippen LogP contribution in [0.4, 0.5) is 0 Å². The summed E-state index contributed by atoms with van der Waals surface area (Å²) in [7, 11) is 1.59. The molecule has 0 spiro atoms. The van der Waals surface area contributed by atoms with Gasteiger partial charge in [0.15, 0.2) is 11.5 Å². The Kier molecular flexibility index (Phi) is 5.33. The molecule has 0 saturated carbocycles. The summed E-state index contributed by atoms with van der Waals surface area (Å²) < 4.78 is 15.5. The standard InChI is InChI=1S/C13H18O4/c1-4-16-13(14)7-8-17-12-9-10(2)5-6-11(12)15-3/h5-6,9H,4,7-8H2,1-3H3. The summed E-state index contributed by atoms with van der Waals surface area (Å²) in [5, 5.41) is 0. The van der Waals surface area contributed by atoms with Gasteiger partial charge in [-0.1, -0.05) is 6.07 Å². The molecule has 0 N–H and O–H groups in total. The molecule has 0 atom stereocenters. The molecule has 0 unspecified atom stereocenters. The van der Waals surface area contributed by atoms with E-state index in [9.17, 15) is 4.79 Å². The van der Waals surface area contributed by atoms with E-state index in [-0.39, 0.29) is 12.4 Å². The van der Waals surface area contributed by atoms with Crippen LogP contribution in [-0.2, 0) is 9.53 Å². The second-order valence-electron chi connectivity index (χ2n) is 3.56. The topological polar surface area (TPSA) is 44.8 Å². The van der Waals surface area contributed by atoms with Crippen LogP contribution in [0.2, 0.25) is 0 Å². The number of aryl methyl sites for hydroxylation is 1. The summed E-state index contributed by atoms with van der Waals surface area (Å²) in [5.41, 5.74) is 1.08. The highest BCUT2D eigenvalue weighted by atomic mass is 16.5. The zero-order valence-corrected chi connectivity index (χ0v) is 10.5.